The number of ether oxygens (including phenoxy) is 1. The first-order valence-corrected chi connectivity index (χ1v) is 7.67. The summed E-state index contributed by atoms with van der Waals surface area (Å²) in [6, 6.07) is 5.27. The summed E-state index contributed by atoms with van der Waals surface area (Å²) in [5.74, 6) is 1.07. The summed E-state index contributed by atoms with van der Waals surface area (Å²) in [5, 5.41) is 3.57. The molecule has 0 spiro atoms. The summed E-state index contributed by atoms with van der Waals surface area (Å²) < 4.78 is 5.96. The molecule has 112 valence electrons. The highest BCUT2D eigenvalue weighted by Crippen LogP contribution is 2.26. The Hall–Kier alpha value is -1.06. The van der Waals surface area contributed by atoms with Crippen molar-refractivity contribution in [1.82, 2.24) is 10.2 Å². The van der Waals surface area contributed by atoms with E-state index in [9.17, 15) is 0 Å². The molecule has 1 N–H and O–H groups in total. The topological polar surface area (TPSA) is 24.5 Å². The van der Waals surface area contributed by atoms with Gasteiger partial charge in [0.25, 0.3) is 0 Å². The summed E-state index contributed by atoms with van der Waals surface area (Å²) >= 11 is 0. The lowest BCUT2D eigenvalue weighted by molar-refractivity contribution is 0.278. The normalized spacial score (nSPS) is 14.8. The van der Waals surface area contributed by atoms with Gasteiger partial charge in [-0.15, -0.1) is 0 Å². The van der Waals surface area contributed by atoms with Crippen LogP contribution in [0.2, 0.25) is 0 Å². The van der Waals surface area contributed by atoms with Crippen LogP contribution in [0.1, 0.15) is 36.0 Å². The van der Waals surface area contributed by atoms with E-state index in [1.807, 2.05) is 0 Å². The highest BCUT2D eigenvalue weighted by atomic mass is 16.5. The van der Waals surface area contributed by atoms with Crippen molar-refractivity contribution in [1.29, 1.82) is 0 Å². The van der Waals surface area contributed by atoms with E-state index in [1.54, 1.807) is 0 Å². The van der Waals surface area contributed by atoms with E-state index in [0.29, 0.717) is 0 Å². The summed E-state index contributed by atoms with van der Waals surface area (Å²) in [7, 11) is 4.19. The molecule has 1 fully saturated rings. The summed E-state index contributed by atoms with van der Waals surface area (Å²) in [4.78, 5) is 2.19. The third-order valence-corrected chi connectivity index (χ3v) is 3.69. The summed E-state index contributed by atoms with van der Waals surface area (Å²) in [6.07, 6.45) is 3.74. The molecule has 1 aliphatic rings. The van der Waals surface area contributed by atoms with E-state index in [4.69, 9.17) is 4.74 Å². The van der Waals surface area contributed by atoms with Crippen LogP contribution >= 0.6 is 0 Å². The predicted octanol–water partition coefficient (Wildman–Crippen LogP) is 2.89. The van der Waals surface area contributed by atoms with E-state index in [1.165, 1.54) is 29.5 Å². The Morgan fingerprint density at radius 1 is 1.20 bits per heavy atom. The molecule has 0 atom stereocenters. The van der Waals surface area contributed by atoms with Crippen LogP contribution in [0.15, 0.2) is 12.1 Å². The molecule has 0 unspecified atom stereocenters. The zero-order chi connectivity index (χ0) is 14.5. The van der Waals surface area contributed by atoms with Crippen LogP contribution in [0, 0.1) is 13.8 Å². The Balaban J connectivity index is 1.87. The van der Waals surface area contributed by atoms with E-state index in [2.05, 4.69) is 50.3 Å². The molecule has 3 nitrogen and oxygen atoms in total. The van der Waals surface area contributed by atoms with Crippen molar-refractivity contribution in [2.75, 3.05) is 27.2 Å². The van der Waals surface area contributed by atoms with Gasteiger partial charge in [0.2, 0.25) is 0 Å². The highest BCUT2D eigenvalue weighted by molar-refractivity contribution is 5.43. The lowest BCUT2D eigenvalue weighted by atomic mass is 10.1. The molecule has 1 aliphatic carbocycles. The van der Waals surface area contributed by atoms with Crippen molar-refractivity contribution in [2.24, 2.45) is 0 Å². The molecule has 0 aromatic heterocycles. The SMILES string of the molecule is Cc1cc(CNC2CC2)cc(C)c1OCCCN(C)C. The maximum atomic E-state index is 5.96. The average Bonchev–Trinajstić information content (AvgIpc) is 3.18. The van der Waals surface area contributed by atoms with Gasteiger partial charge in [0.1, 0.15) is 5.75 Å². The number of aryl methyl sites for hydroxylation is 2. The monoisotopic (exact) mass is 276 g/mol. The quantitative estimate of drug-likeness (QED) is 0.739. The second-order valence-electron chi connectivity index (χ2n) is 6.22. The first-order valence-electron chi connectivity index (χ1n) is 7.67. The van der Waals surface area contributed by atoms with Crippen molar-refractivity contribution in [3.05, 3.63) is 28.8 Å². The Morgan fingerprint density at radius 2 is 1.85 bits per heavy atom. The van der Waals surface area contributed by atoms with Crippen LogP contribution < -0.4 is 10.1 Å². The van der Waals surface area contributed by atoms with Crippen molar-refractivity contribution < 1.29 is 4.74 Å². The number of benzene rings is 1. The molecular formula is C17H28N2O. The minimum atomic E-state index is 0.762. The van der Waals surface area contributed by atoms with Crippen molar-refractivity contribution in [3.63, 3.8) is 0 Å². The molecule has 20 heavy (non-hydrogen) atoms. The Labute approximate surface area is 123 Å². The smallest absolute Gasteiger partial charge is 0.125 e. The molecule has 3 heteroatoms. The zero-order valence-corrected chi connectivity index (χ0v) is 13.3. The fraction of sp³-hybridized carbons (Fsp3) is 0.647. The minimum absolute atomic E-state index is 0.762. The van der Waals surface area contributed by atoms with Crippen molar-refractivity contribution in [3.8, 4) is 5.75 Å². The molecule has 0 saturated heterocycles. The first kappa shape index (κ1) is 15.3. The summed E-state index contributed by atoms with van der Waals surface area (Å²) in [5.41, 5.74) is 3.87. The fourth-order valence-electron chi connectivity index (χ4n) is 2.47. The van der Waals surface area contributed by atoms with Crippen LogP contribution in [0.3, 0.4) is 0 Å². The number of hydrogen-bond donors (Lipinski definition) is 1. The maximum absolute atomic E-state index is 5.96. The van der Waals surface area contributed by atoms with Crippen LogP contribution in [-0.2, 0) is 6.54 Å². The second-order valence-corrected chi connectivity index (χ2v) is 6.22. The molecule has 0 heterocycles. The molecule has 0 amide bonds. The lowest BCUT2D eigenvalue weighted by Gasteiger charge is -2.15. The molecule has 0 radical (unpaired) electrons. The van der Waals surface area contributed by atoms with Crippen molar-refractivity contribution >= 4 is 0 Å². The number of rotatable bonds is 8. The van der Waals surface area contributed by atoms with Gasteiger partial charge in [-0.25, -0.2) is 0 Å². The highest BCUT2D eigenvalue weighted by Gasteiger charge is 2.20. The van der Waals surface area contributed by atoms with Gasteiger partial charge in [0.05, 0.1) is 6.61 Å². The largest absolute Gasteiger partial charge is 0.493 e. The van der Waals surface area contributed by atoms with E-state index in [-0.39, 0.29) is 0 Å². The van der Waals surface area contributed by atoms with Gasteiger partial charge >= 0.3 is 0 Å². The van der Waals surface area contributed by atoms with E-state index < -0.39 is 0 Å². The van der Waals surface area contributed by atoms with Gasteiger partial charge in [-0.3, -0.25) is 0 Å². The number of nitrogens with zero attached hydrogens (tertiary/aromatic N) is 1. The summed E-state index contributed by atoms with van der Waals surface area (Å²) in [6.45, 7) is 7.14. The fourth-order valence-corrected chi connectivity index (χ4v) is 2.47. The van der Waals surface area contributed by atoms with Gasteiger partial charge in [0.15, 0.2) is 0 Å². The van der Waals surface area contributed by atoms with Crippen LogP contribution in [0.25, 0.3) is 0 Å². The first-order chi connectivity index (χ1) is 9.56. The van der Waals surface area contributed by atoms with Crippen LogP contribution in [-0.4, -0.2) is 38.2 Å². The minimum Gasteiger partial charge on any atom is -0.493 e. The van der Waals surface area contributed by atoms with Gasteiger partial charge in [0, 0.05) is 19.1 Å². The van der Waals surface area contributed by atoms with Gasteiger partial charge in [-0.2, -0.15) is 0 Å². The van der Waals surface area contributed by atoms with Gasteiger partial charge in [-0.1, -0.05) is 12.1 Å². The zero-order valence-electron chi connectivity index (χ0n) is 13.3. The van der Waals surface area contributed by atoms with E-state index in [0.717, 1.165) is 37.9 Å². The predicted molar refractivity (Wildman–Crippen MR) is 84.4 cm³/mol. The van der Waals surface area contributed by atoms with Gasteiger partial charge in [-0.05, 0) is 63.9 Å². The third kappa shape index (κ3) is 4.80. The second kappa shape index (κ2) is 7.09. The van der Waals surface area contributed by atoms with Gasteiger partial charge < -0.3 is 15.0 Å². The standard InChI is InChI=1S/C17H28N2O/c1-13-10-15(12-18-16-6-7-16)11-14(2)17(13)20-9-5-8-19(3)4/h10-11,16,18H,5-9,12H2,1-4H3. The van der Waals surface area contributed by atoms with Crippen molar-refractivity contribution in [2.45, 2.75) is 45.7 Å². The van der Waals surface area contributed by atoms with Crippen LogP contribution in [0.4, 0.5) is 0 Å². The molecule has 1 aromatic carbocycles. The third-order valence-electron chi connectivity index (χ3n) is 3.69. The molecule has 0 aliphatic heterocycles. The molecule has 2 rings (SSSR count). The Kier molecular flexibility index (Phi) is 5.44. The molecule has 0 bridgehead atoms. The number of hydrogen-bond acceptors (Lipinski definition) is 3. The number of nitrogens with one attached hydrogen (secondary N) is 1. The molecular weight excluding hydrogens is 248 g/mol. The van der Waals surface area contributed by atoms with Crippen LogP contribution in [0.5, 0.6) is 5.75 Å². The van der Waals surface area contributed by atoms with E-state index >= 15 is 0 Å². The average molecular weight is 276 g/mol. The maximum Gasteiger partial charge on any atom is 0.125 e. The Bertz CT molecular complexity index is 416. The molecule has 1 saturated carbocycles. The lowest BCUT2D eigenvalue weighted by Crippen LogP contribution is -2.16. The Morgan fingerprint density at radius 3 is 2.40 bits per heavy atom. The molecule has 1 aromatic rings.